The Morgan fingerprint density at radius 1 is 0.812 bits per heavy atom. The molecule has 0 aromatic rings. The molecule has 0 unspecified atom stereocenters. The van der Waals surface area contributed by atoms with Crippen molar-refractivity contribution in [3.63, 3.8) is 0 Å². The summed E-state index contributed by atoms with van der Waals surface area (Å²) in [5, 5.41) is 0. The van der Waals surface area contributed by atoms with Crippen molar-refractivity contribution in [1.29, 1.82) is 0 Å². The van der Waals surface area contributed by atoms with E-state index in [1.54, 1.807) is 0 Å². The zero-order valence-electron chi connectivity index (χ0n) is 10.5. The number of rotatable bonds is 4. The van der Waals surface area contributed by atoms with E-state index in [2.05, 4.69) is 0 Å². The standard InChI is InChI=1S/C14H24O2/c1-15-7-9-3-12-10-5-11(8-16-2)13(6-10)14(12)4-9/h9-14H,3-8H2,1-2H3/t9-,10+,11-,12-,13-,14-/m1/s1. The minimum absolute atomic E-state index is 0.853. The Balaban J connectivity index is 1.65. The van der Waals surface area contributed by atoms with Crippen LogP contribution in [-0.4, -0.2) is 27.4 Å². The summed E-state index contributed by atoms with van der Waals surface area (Å²) in [7, 11) is 3.70. The summed E-state index contributed by atoms with van der Waals surface area (Å²) in [6, 6.07) is 0. The molecule has 3 aliphatic rings. The van der Waals surface area contributed by atoms with Crippen LogP contribution in [0.3, 0.4) is 0 Å². The van der Waals surface area contributed by atoms with Crippen LogP contribution in [-0.2, 0) is 9.47 Å². The second kappa shape index (κ2) is 4.30. The van der Waals surface area contributed by atoms with Crippen molar-refractivity contribution in [2.24, 2.45) is 35.5 Å². The maximum absolute atomic E-state index is 5.38. The topological polar surface area (TPSA) is 18.5 Å². The summed E-state index contributed by atoms with van der Waals surface area (Å²) >= 11 is 0. The summed E-state index contributed by atoms with van der Waals surface area (Å²) in [6.07, 6.45) is 5.82. The van der Waals surface area contributed by atoms with E-state index in [0.29, 0.717) is 0 Å². The summed E-state index contributed by atoms with van der Waals surface area (Å²) in [5.41, 5.74) is 0. The van der Waals surface area contributed by atoms with Crippen molar-refractivity contribution in [3.8, 4) is 0 Å². The predicted octanol–water partition coefficient (Wildman–Crippen LogP) is 2.58. The van der Waals surface area contributed by atoms with Gasteiger partial charge in [-0.25, -0.2) is 0 Å². The van der Waals surface area contributed by atoms with Gasteiger partial charge in [0.15, 0.2) is 0 Å². The van der Waals surface area contributed by atoms with Crippen molar-refractivity contribution in [1.82, 2.24) is 0 Å². The van der Waals surface area contributed by atoms with Crippen molar-refractivity contribution in [3.05, 3.63) is 0 Å². The second-order valence-electron chi connectivity index (χ2n) is 6.23. The monoisotopic (exact) mass is 224 g/mol. The molecule has 0 radical (unpaired) electrons. The van der Waals surface area contributed by atoms with Gasteiger partial charge in [-0.3, -0.25) is 0 Å². The van der Waals surface area contributed by atoms with Crippen LogP contribution >= 0.6 is 0 Å². The molecule has 92 valence electrons. The molecule has 0 N–H and O–H groups in total. The zero-order chi connectivity index (χ0) is 11.1. The SMILES string of the molecule is COC[C@H]1C[C@@H]2[C@H](C1)[C@H]1C[C@H](COC)[C@H]2C1. The molecule has 0 aliphatic heterocycles. The van der Waals surface area contributed by atoms with Crippen molar-refractivity contribution >= 4 is 0 Å². The molecule has 0 aromatic carbocycles. The molecule has 2 heteroatoms. The average molecular weight is 224 g/mol. The Morgan fingerprint density at radius 2 is 1.56 bits per heavy atom. The molecular weight excluding hydrogens is 200 g/mol. The van der Waals surface area contributed by atoms with Crippen molar-refractivity contribution in [2.45, 2.75) is 25.7 Å². The van der Waals surface area contributed by atoms with Gasteiger partial charge in [0.05, 0.1) is 0 Å². The van der Waals surface area contributed by atoms with Gasteiger partial charge in [-0.05, 0) is 61.2 Å². The van der Waals surface area contributed by atoms with Gasteiger partial charge >= 0.3 is 0 Å². The van der Waals surface area contributed by atoms with E-state index >= 15 is 0 Å². The Labute approximate surface area is 98.7 Å². The fraction of sp³-hybridized carbons (Fsp3) is 1.00. The molecule has 0 aromatic heterocycles. The highest BCUT2D eigenvalue weighted by atomic mass is 16.5. The zero-order valence-corrected chi connectivity index (χ0v) is 10.5. The lowest BCUT2D eigenvalue weighted by atomic mass is 9.76. The molecule has 0 heterocycles. The van der Waals surface area contributed by atoms with Crippen LogP contribution in [0.4, 0.5) is 0 Å². The van der Waals surface area contributed by atoms with Crippen molar-refractivity contribution in [2.75, 3.05) is 27.4 Å². The van der Waals surface area contributed by atoms with E-state index < -0.39 is 0 Å². The predicted molar refractivity (Wildman–Crippen MR) is 63.2 cm³/mol. The molecular formula is C14H24O2. The van der Waals surface area contributed by atoms with Gasteiger partial charge in [-0.15, -0.1) is 0 Å². The molecule has 0 spiro atoms. The Bertz CT molecular complexity index is 253. The van der Waals surface area contributed by atoms with Crippen LogP contribution in [0.5, 0.6) is 0 Å². The van der Waals surface area contributed by atoms with Gasteiger partial charge < -0.3 is 9.47 Å². The molecule has 6 atom stereocenters. The van der Waals surface area contributed by atoms with Crippen LogP contribution in [0, 0.1) is 35.5 Å². The van der Waals surface area contributed by atoms with Gasteiger partial charge in [0.1, 0.15) is 0 Å². The number of hydrogen-bond donors (Lipinski definition) is 0. The highest BCUT2D eigenvalue weighted by Gasteiger charge is 2.55. The minimum atomic E-state index is 0.853. The van der Waals surface area contributed by atoms with Gasteiger partial charge in [-0.1, -0.05) is 0 Å². The first-order valence-corrected chi connectivity index (χ1v) is 6.81. The fourth-order valence-electron chi connectivity index (χ4n) is 5.10. The quantitative estimate of drug-likeness (QED) is 0.730. The first-order chi connectivity index (χ1) is 7.83. The molecule has 2 bridgehead atoms. The van der Waals surface area contributed by atoms with E-state index in [9.17, 15) is 0 Å². The molecule has 3 aliphatic carbocycles. The number of ether oxygens (including phenoxy) is 2. The van der Waals surface area contributed by atoms with Crippen LogP contribution in [0.1, 0.15) is 25.7 Å². The lowest BCUT2D eigenvalue weighted by molar-refractivity contribution is 0.0871. The van der Waals surface area contributed by atoms with E-state index in [1.807, 2.05) is 14.2 Å². The van der Waals surface area contributed by atoms with Crippen molar-refractivity contribution < 1.29 is 9.47 Å². The summed E-state index contributed by atoms with van der Waals surface area (Å²) in [6.45, 7) is 1.99. The van der Waals surface area contributed by atoms with E-state index in [0.717, 1.165) is 48.7 Å². The molecule has 3 saturated carbocycles. The van der Waals surface area contributed by atoms with Crippen LogP contribution in [0.25, 0.3) is 0 Å². The van der Waals surface area contributed by atoms with Gasteiger partial charge in [-0.2, -0.15) is 0 Å². The lowest BCUT2D eigenvalue weighted by Gasteiger charge is -2.30. The molecule has 16 heavy (non-hydrogen) atoms. The maximum atomic E-state index is 5.38. The molecule has 0 amide bonds. The van der Waals surface area contributed by atoms with Gasteiger partial charge in [0.25, 0.3) is 0 Å². The molecule has 3 rings (SSSR count). The highest BCUT2D eigenvalue weighted by molar-refractivity contribution is 5.04. The first kappa shape index (κ1) is 11.0. The third-order valence-electron chi connectivity index (χ3n) is 5.49. The summed E-state index contributed by atoms with van der Waals surface area (Å²) in [4.78, 5) is 0. The Kier molecular flexibility index (Phi) is 2.97. The van der Waals surface area contributed by atoms with E-state index in [4.69, 9.17) is 9.47 Å². The van der Waals surface area contributed by atoms with E-state index in [1.165, 1.54) is 25.7 Å². The normalized spacial score (nSPS) is 49.9. The second-order valence-corrected chi connectivity index (χ2v) is 6.23. The smallest absolute Gasteiger partial charge is 0.0493 e. The van der Waals surface area contributed by atoms with Crippen LogP contribution < -0.4 is 0 Å². The number of fused-ring (bicyclic) bond motifs is 5. The lowest BCUT2D eigenvalue weighted by Crippen LogP contribution is -2.26. The van der Waals surface area contributed by atoms with Crippen LogP contribution in [0.15, 0.2) is 0 Å². The van der Waals surface area contributed by atoms with Crippen LogP contribution in [0.2, 0.25) is 0 Å². The number of methoxy groups -OCH3 is 2. The first-order valence-electron chi connectivity index (χ1n) is 6.81. The third-order valence-corrected chi connectivity index (χ3v) is 5.49. The average Bonchev–Trinajstić information content (AvgIpc) is 2.88. The minimum Gasteiger partial charge on any atom is -0.384 e. The maximum Gasteiger partial charge on any atom is 0.0493 e. The van der Waals surface area contributed by atoms with Gasteiger partial charge in [0.2, 0.25) is 0 Å². The summed E-state index contributed by atoms with van der Waals surface area (Å²) in [5.74, 6) is 5.79. The Hall–Kier alpha value is -0.0800. The van der Waals surface area contributed by atoms with Gasteiger partial charge in [0, 0.05) is 27.4 Å². The largest absolute Gasteiger partial charge is 0.384 e. The molecule has 3 fully saturated rings. The fourth-order valence-corrected chi connectivity index (χ4v) is 5.10. The number of hydrogen-bond acceptors (Lipinski definition) is 2. The third kappa shape index (κ3) is 1.62. The Morgan fingerprint density at radius 3 is 2.31 bits per heavy atom. The highest BCUT2D eigenvalue weighted by Crippen LogP contribution is 2.62. The molecule has 2 nitrogen and oxygen atoms in total. The summed E-state index contributed by atoms with van der Waals surface area (Å²) < 4.78 is 10.7. The van der Waals surface area contributed by atoms with E-state index in [-0.39, 0.29) is 0 Å². The molecule has 0 saturated heterocycles.